The summed E-state index contributed by atoms with van der Waals surface area (Å²) >= 11 is 1.62. The molecule has 92 valence electrons. The van der Waals surface area contributed by atoms with Crippen molar-refractivity contribution in [2.45, 2.75) is 6.18 Å². The molecule has 1 aromatic carbocycles. The Hall–Kier alpha value is -1.35. The van der Waals surface area contributed by atoms with Gasteiger partial charge in [0.2, 0.25) is 0 Å². The first-order valence-electron chi connectivity index (χ1n) is 4.83. The molecule has 1 aromatic rings. The number of halogens is 3. The summed E-state index contributed by atoms with van der Waals surface area (Å²) < 4.78 is 37.2. The summed E-state index contributed by atoms with van der Waals surface area (Å²) in [7, 11) is 0. The van der Waals surface area contributed by atoms with Crippen molar-refractivity contribution in [2.75, 3.05) is 23.9 Å². The van der Waals surface area contributed by atoms with E-state index in [1.165, 1.54) is 6.07 Å². The minimum Gasteiger partial charge on any atom is -0.383 e. The number of rotatable bonds is 4. The van der Waals surface area contributed by atoms with Gasteiger partial charge < -0.3 is 5.32 Å². The fourth-order valence-electron chi connectivity index (χ4n) is 1.25. The summed E-state index contributed by atoms with van der Waals surface area (Å²) in [6.45, 7) is 0.612. The molecule has 0 aromatic heterocycles. The van der Waals surface area contributed by atoms with Crippen molar-refractivity contribution in [3.63, 3.8) is 0 Å². The van der Waals surface area contributed by atoms with Crippen LogP contribution in [-0.2, 0) is 6.18 Å². The van der Waals surface area contributed by atoms with Crippen molar-refractivity contribution < 1.29 is 13.2 Å². The second kappa shape index (κ2) is 5.82. The lowest BCUT2D eigenvalue weighted by Crippen LogP contribution is -2.08. The minimum atomic E-state index is -4.41. The van der Waals surface area contributed by atoms with Crippen LogP contribution in [0.3, 0.4) is 0 Å². The maximum absolute atomic E-state index is 12.4. The number of nitriles is 1. The fourth-order valence-corrected chi connectivity index (χ4v) is 1.56. The van der Waals surface area contributed by atoms with Crippen LogP contribution in [0.15, 0.2) is 18.2 Å². The van der Waals surface area contributed by atoms with Gasteiger partial charge in [0.1, 0.15) is 6.07 Å². The Labute approximate surface area is 102 Å². The standard InChI is InChI=1S/C11H11F3N2S/c1-17-5-4-16-10-3-2-9(11(12,13)14)6-8(10)7-15/h2-3,6,16H,4-5H2,1H3. The third-order valence-corrected chi connectivity index (χ3v) is 2.70. The average Bonchev–Trinajstić information content (AvgIpc) is 2.28. The first kappa shape index (κ1) is 13.7. The third-order valence-electron chi connectivity index (χ3n) is 2.09. The molecule has 0 amide bonds. The van der Waals surface area contributed by atoms with E-state index in [1.807, 2.05) is 6.26 Å². The number of nitrogens with one attached hydrogen (secondary N) is 1. The van der Waals surface area contributed by atoms with Crippen LogP contribution in [-0.4, -0.2) is 18.6 Å². The fraction of sp³-hybridized carbons (Fsp3) is 0.364. The maximum atomic E-state index is 12.4. The lowest BCUT2D eigenvalue weighted by Gasteiger charge is -2.11. The number of nitrogens with zero attached hydrogens (tertiary/aromatic N) is 1. The summed E-state index contributed by atoms with van der Waals surface area (Å²) in [6, 6.07) is 4.90. The van der Waals surface area contributed by atoms with Crippen molar-refractivity contribution in [1.29, 1.82) is 5.26 Å². The van der Waals surface area contributed by atoms with Gasteiger partial charge in [0.25, 0.3) is 0 Å². The van der Waals surface area contributed by atoms with Gasteiger partial charge in [0.05, 0.1) is 16.8 Å². The molecule has 0 saturated carbocycles. The minimum absolute atomic E-state index is 0.0147. The van der Waals surface area contributed by atoms with Crippen LogP contribution in [0, 0.1) is 11.3 Å². The number of alkyl halides is 3. The van der Waals surface area contributed by atoms with Crippen molar-refractivity contribution in [1.82, 2.24) is 0 Å². The first-order chi connectivity index (χ1) is 7.99. The van der Waals surface area contributed by atoms with E-state index in [0.29, 0.717) is 12.2 Å². The zero-order valence-corrected chi connectivity index (χ0v) is 9.95. The topological polar surface area (TPSA) is 35.8 Å². The largest absolute Gasteiger partial charge is 0.416 e. The Bertz CT molecular complexity index is 424. The van der Waals surface area contributed by atoms with E-state index in [2.05, 4.69) is 5.32 Å². The van der Waals surface area contributed by atoms with E-state index < -0.39 is 11.7 Å². The molecule has 0 spiro atoms. The summed E-state index contributed by atoms with van der Waals surface area (Å²) in [6.07, 6.45) is -2.48. The molecule has 1 N–H and O–H groups in total. The van der Waals surface area contributed by atoms with Crippen LogP contribution in [0.4, 0.5) is 18.9 Å². The SMILES string of the molecule is CSCCNc1ccc(C(F)(F)F)cc1C#N. The second-order valence-corrected chi connectivity index (χ2v) is 4.28. The number of benzene rings is 1. The van der Waals surface area contributed by atoms with Gasteiger partial charge >= 0.3 is 6.18 Å². The Kier molecular flexibility index (Phi) is 4.70. The Balaban J connectivity index is 2.91. The lowest BCUT2D eigenvalue weighted by atomic mass is 10.1. The van der Waals surface area contributed by atoms with Gasteiger partial charge in [-0.05, 0) is 24.5 Å². The molecule has 0 aliphatic carbocycles. The summed E-state index contributed by atoms with van der Waals surface area (Å²) in [5.74, 6) is 0.825. The van der Waals surface area contributed by atoms with E-state index in [1.54, 1.807) is 17.8 Å². The highest BCUT2D eigenvalue weighted by atomic mass is 32.2. The Morgan fingerprint density at radius 2 is 2.12 bits per heavy atom. The summed E-state index contributed by atoms with van der Waals surface area (Å²) in [4.78, 5) is 0. The summed E-state index contributed by atoms with van der Waals surface area (Å²) in [5, 5.41) is 11.7. The van der Waals surface area contributed by atoms with Gasteiger partial charge in [-0.25, -0.2) is 0 Å². The van der Waals surface area contributed by atoms with E-state index in [-0.39, 0.29) is 5.56 Å². The Morgan fingerprint density at radius 1 is 1.41 bits per heavy atom. The highest BCUT2D eigenvalue weighted by Crippen LogP contribution is 2.31. The average molecular weight is 260 g/mol. The lowest BCUT2D eigenvalue weighted by molar-refractivity contribution is -0.137. The maximum Gasteiger partial charge on any atom is 0.416 e. The van der Waals surface area contributed by atoms with Crippen molar-refractivity contribution in [2.24, 2.45) is 0 Å². The van der Waals surface area contributed by atoms with Gasteiger partial charge in [0, 0.05) is 12.3 Å². The number of thioether (sulfide) groups is 1. The van der Waals surface area contributed by atoms with E-state index in [4.69, 9.17) is 5.26 Å². The predicted octanol–water partition coefficient (Wildman–Crippen LogP) is 3.35. The van der Waals surface area contributed by atoms with Crippen LogP contribution in [0.2, 0.25) is 0 Å². The molecule has 0 fully saturated rings. The van der Waals surface area contributed by atoms with Crippen LogP contribution in [0.5, 0.6) is 0 Å². The van der Waals surface area contributed by atoms with Crippen molar-refractivity contribution in [3.8, 4) is 6.07 Å². The first-order valence-corrected chi connectivity index (χ1v) is 6.22. The highest BCUT2D eigenvalue weighted by molar-refractivity contribution is 7.98. The monoisotopic (exact) mass is 260 g/mol. The van der Waals surface area contributed by atoms with Crippen LogP contribution >= 0.6 is 11.8 Å². The molecule has 0 heterocycles. The van der Waals surface area contributed by atoms with Crippen LogP contribution < -0.4 is 5.32 Å². The van der Waals surface area contributed by atoms with Gasteiger partial charge in [-0.15, -0.1) is 0 Å². The summed E-state index contributed by atoms with van der Waals surface area (Å²) in [5.41, 5.74) is -0.347. The van der Waals surface area contributed by atoms with Gasteiger partial charge in [-0.3, -0.25) is 0 Å². The molecular formula is C11H11F3N2S. The van der Waals surface area contributed by atoms with E-state index >= 15 is 0 Å². The molecule has 0 bridgehead atoms. The smallest absolute Gasteiger partial charge is 0.383 e. The molecule has 0 unspecified atom stereocenters. The molecule has 2 nitrogen and oxygen atoms in total. The number of hydrogen-bond donors (Lipinski definition) is 1. The molecule has 6 heteroatoms. The molecule has 17 heavy (non-hydrogen) atoms. The van der Waals surface area contributed by atoms with Crippen molar-refractivity contribution in [3.05, 3.63) is 29.3 Å². The molecule has 0 aliphatic rings. The molecule has 0 aliphatic heterocycles. The second-order valence-electron chi connectivity index (χ2n) is 3.29. The number of anilines is 1. The third kappa shape index (κ3) is 3.86. The highest BCUT2D eigenvalue weighted by Gasteiger charge is 2.30. The Morgan fingerprint density at radius 3 is 2.65 bits per heavy atom. The van der Waals surface area contributed by atoms with Gasteiger partial charge in [0.15, 0.2) is 0 Å². The molecular weight excluding hydrogens is 249 g/mol. The predicted molar refractivity (Wildman–Crippen MR) is 63.0 cm³/mol. The van der Waals surface area contributed by atoms with Crippen molar-refractivity contribution >= 4 is 17.4 Å². The van der Waals surface area contributed by atoms with Crippen LogP contribution in [0.25, 0.3) is 0 Å². The van der Waals surface area contributed by atoms with E-state index in [0.717, 1.165) is 17.9 Å². The quantitative estimate of drug-likeness (QED) is 0.843. The molecule has 0 atom stereocenters. The van der Waals surface area contributed by atoms with E-state index in [9.17, 15) is 13.2 Å². The normalized spacial score (nSPS) is 11.0. The number of hydrogen-bond acceptors (Lipinski definition) is 3. The molecule has 1 rings (SSSR count). The molecule has 0 saturated heterocycles. The molecule has 0 radical (unpaired) electrons. The van der Waals surface area contributed by atoms with Gasteiger partial charge in [-0.2, -0.15) is 30.2 Å². The zero-order chi connectivity index (χ0) is 12.9. The van der Waals surface area contributed by atoms with Crippen LogP contribution in [0.1, 0.15) is 11.1 Å². The zero-order valence-electron chi connectivity index (χ0n) is 9.14. The van der Waals surface area contributed by atoms with Gasteiger partial charge in [-0.1, -0.05) is 0 Å².